The first-order valence-corrected chi connectivity index (χ1v) is 7.45. The van der Waals surface area contributed by atoms with Gasteiger partial charge in [-0.3, -0.25) is 4.79 Å². The zero-order chi connectivity index (χ0) is 15.0. The molecule has 0 spiro atoms. The van der Waals surface area contributed by atoms with Gasteiger partial charge >= 0.3 is 0 Å². The van der Waals surface area contributed by atoms with Gasteiger partial charge in [0.15, 0.2) is 5.65 Å². The summed E-state index contributed by atoms with van der Waals surface area (Å²) in [5.74, 6) is -0.00917. The number of piperidine rings is 1. The lowest BCUT2D eigenvalue weighted by Crippen LogP contribution is -2.51. The minimum Gasteiger partial charge on any atom is -0.334 e. The van der Waals surface area contributed by atoms with Crippen molar-refractivity contribution in [1.82, 2.24) is 19.5 Å². The van der Waals surface area contributed by atoms with E-state index in [0.717, 1.165) is 31.5 Å². The Labute approximate surface area is 123 Å². The molecule has 0 bridgehead atoms. The number of carbonyl (C=O) groups excluding carboxylic acids is 1. The van der Waals surface area contributed by atoms with E-state index >= 15 is 0 Å². The molecule has 2 aromatic rings. The highest BCUT2D eigenvalue weighted by atomic mass is 16.2. The van der Waals surface area contributed by atoms with E-state index in [4.69, 9.17) is 5.73 Å². The largest absolute Gasteiger partial charge is 0.334 e. The van der Waals surface area contributed by atoms with Crippen molar-refractivity contribution in [2.45, 2.75) is 45.2 Å². The van der Waals surface area contributed by atoms with Crippen molar-refractivity contribution in [2.75, 3.05) is 6.54 Å². The van der Waals surface area contributed by atoms with Crippen LogP contribution in [0.25, 0.3) is 5.65 Å². The number of nitrogens with two attached hydrogens (primary N) is 1. The second kappa shape index (κ2) is 5.44. The monoisotopic (exact) mass is 287 g/mol. The quantitative estimate of drug-likeness (QED) is 0.905. The van der Waals surface area contributed by atoms with Gasteiger partial charge in [-0.1, -0.05) is 0 Å². The first kappa shape index (κ1) is 14.0. The summed E-state index contributed by atoms with van der Waals surface area (Å²) < 4.78 is 1.64. The Morgan fingerprint density at radius 1 is 1.48 bits per heavy atom. The van der Waals surface area contributed by atoms with Crippen LogP contribution in [0.4, 0.5) is 0 Å². The molecule has 2 aromatic heterocycles. The first-order valence-electron chi connectivity index (χ1n) is 7.45. The Kier molecular flexibility index (Phi) is 3.63. The van der Waals surface area contributed by atoms with Gasteiger partial charge in [0.25, 0.3) is 5.91 Å². The molecule has 0 aromatic carbocycles. The van der Waals surface area contributed by atoms with Crippen LogP contribution in [0.3, 0.4) is 0 Å². The van der Waals surface area contributed by atoms with Crippen LogP contribution in [0.15, 0.2) is 18.5 Å². The van der Waals surface area contributed by atoms with Gasteiger partial charge in [-0.2, -0.15) is 5.10 Å². The van der Waals surface area contributed by atoms with Crippen LogP contribution >= 0.6 is 0 Å². The number of fused-ring (bicyclic) bond motifs is 1. The lowest BCUT2D eigenvalue weighted by Gasteiger charge is -2.37. The fourth-order valence-corrected chi connectivity index (χ4v) is 3.02. The highest BCUT2D eigenvalue weighted by Gasteiger charge is 2.31. The molecule has 1 aliphatic heterocycles. The molecule has 2 atom stereocenters. The molecule has 2 unspecified atom stereocenters. The molecule has 6 heteroatoms. The van der Waals surface area contributed by atoms with Crippen molar-refractivity contribution in [3.05, 3.63) is 29.7 Å². The summed E-state index contributed by atoms with van der Waals surface area (Å²) in [5.41, 5.74) is 8.11. The van der Waals surface area contributed by atoms with Gasteiger partial charge in [-0.05, 0) is 39.2 Å². The molecule has 21 heavy (non-hydrogen) atoms. The lowest BCUT2D eigenvalue weighted by molar-refractivity contribution is 0.0585. The van der Waals surface area contributed by atoms with Gasteiger partial charge in [0.05, 0.1) is 6.20 Å². The van der Waals surface area contributed by atoms with E-state index in [9.17, 15) is 4.79 Å². The van der Waals surface area contributed by atoms with E-state index in [1.54, 1.807) is 10.7 Å². The molecule has 0 aliphatic carbocycles. The highest BCUT2D eigenvalue weighted by Crippen LogP contribution is 2.22. The van der Waals surface area contributed by atoms with Gasteiger partial charge < -0.3 is 10.6 Å². The average molecular weight is 287 g/mol. The Bertz CT molecular complexity index is 663. The molecule has 0 radical (unpaired) electrons. The molecule has 3 heterocycles. The SMILES string of the molecule is Cc1ccn2ncc(C(=O)N3CCCCC3C(C)N)c2n1. The predicted octanol–water partition coefficient (Wildman–Crippen LogP) is 1.38. The Balaban J connectivity index is 1.97. The normalized spacial score (nSPS) is 20.7. The molecule has 6 nitrogen and oxygen atoms in total. The molecular formula is C15H21N5O. The standard InChI is InChI=1S/C15H21N5O/c1-10-6-8-20-14(18-10)12(9-17-20)15(21)19-7-4-3-5-13(19)11(2)16/h6,8-9,11,13H,3-5,7,16H2,1-2H3. The summed E-state index contributed by atoms with van der Waals surface area (Å²) in [4.78, 5) is 19.2. The third-order valence-corrected chi connectivity index (χ3v) is 4.16. The Morgan fingerprint density at radius 2 is 2.29 bits per heavy atom. The van der Waals surface area contributed by atoms with Gasteiger partial charge in [-0.15, -0.1) is 0 Å². The van der Waals surface area contributed by atoms with E-state index in [-0.39, 0.29) is 18.0 Å². The van der Waals surface area contributed by atoms with Crippen molar-refractivity contribution in [2.24, 2.45) is 5.73 Å². The van der Waals surface area contributed by atoms with E-state index in [2.05, 4.69) is 10.1 Å². The van der Waals surface area contributed by atoms with E-state index in [1.165, 1.54) is 0 Å². The average Bonchev–Trinajstić information content (AvgIpc) is 2.89. The van der Waals surface area contributed by atoms with Crippen LogP contribution < -0.4 is 5.73 Å². The summed E-state index contributed by atoms with van der Waals surface area (Å²) in [6.45, 7) is 4.63. The number of carbonyl (C=O) groups is 1. The van der Waals surface area contributed by atoms with Crippen molar-refractivity contribution in [1.29, 1.82) is 0 Å². The van der Waals surface area contributed by atoms with Crippen molar-refractivity contribution in [3.63, 3.8) is 0 Å². The molecular weight excluding hydrogens is 266 g/mol. The number of hydrogen-bond acceptors (Lipinski definition) is 4. The molecule has 2 N–H and O–H groups in total. The predicted molar refractivity (Wildman–Crippen MR) is 80.0 cm³/mol. The fourth-order valence-electron chi connectivity index (χ4n) is 3.02. The molecule has 0 saturated carbocycles. The molecule has 1 amide bonds. The molecule has 3 rings (SSSR count). The third-order valence-electron chi connectivity index (χ3n) is 4.16. The van der Waals surface area contributed by atoms with Gasteiger partial charge in [0.2, 0.25) is 0 Å². The maximum absolute atomic E-state index is 12.9. The first-order chi connectivity index (χ1) is 10.1. The molecule has 1 fully saturated rings. The van der Waals surface area contributed by atoms with Crippen LogP contribution in [0.5, 0.6) is 0 Å². The highest BCUT2D eigenvalue weighted by molar-refractivity contribution is 5.99. The summed E-state index contributed by atoms with van der Waals surface area (Å²) >= 11 is 0. The van der Waals surface area contributed by atoms with Gasteiger partial charge in [0.1, 0.15) is 5.56 Å². The van der Waals surface area contributed by atoms with Crippen LogP contribution in [-0.2, 0) is 0 Å². The summed E-state index contributed by atoms with van der Waals surface area (Å²) in [6.07, 6.45) is 6.56. The Morgan fingerprint density at radius 3 is 3.05 bits per heavy atom. The van der Waals surface area contributed by atoms with Crippen LogP contribution in [-0.4, -0.2) is 44.0 Å². The smallest absolute Gasteiger partial charge is 0.259 e. The number of aromatic nitrogens is 3. The summed E-state index contributed by atoms with van der Waals surface area (Å²) in [7, 11) is 0. The Hall–Kier alpha value is -1.95. The zero-order valence-corrected chi connectivity index (χ0v) is 12.5. The van der Waals surface area contributed by atoms with E-state index in [0.29, 0.717) is 11.2 Å². The van der Waals surface area contributed by atoms with Crippen LogP contribution in [0.1, 0.15) is 42.2 Å². The minimum atomic E-state index is -0.0224. The number of hydrogen-bond donors (Lipinski definition) is 1. The van der Waals surface area contributed by atoms with Crippen LogP contribution in [0.2, 0.25) is 0 Å². The number of nitrogens with zero attached hydrogens (tertiary/aromatic N) is 4. The fraction of sp³-hybridized carbons (Fsp3) is 0.533. The second-order valence-corrected chi connectivity index (χ2v) is 5.82. The number of aryl methyl sites for hydroxylation is 1. The number of rotatable bonds is 2. The van der Waals surface area contributed by atoms with Crippen molar-refractivity contribution < 1.29 is 4.79 Å². The van der Waals surface area contributed by atoms with Crippen molar-refractivity contribution >= 4 is 11.6 Å². The van der Waals surface area contributed by atoms with Crippen molar-refractivity contribution in [3.8, 4) is 0 Å². The van der Waals surface area contributed by atoms with Gasteiger partial charge in [0, 0.05) is 30.5 Å². The minimum absolute atomic E-state index is 0.00917. The molecule has 112 valence electrons. The second-order valence-electron chi connectivity index (χ2n) is 5.82. The topological polar surface area (TPSA) is 76.5 Å². The van der Waals surface area contributed by atoms with E-state index < -0.39 is 0 Å². The number of amides is 1. The number of likely N-dealkylation sites (tertiary alicyclic amines) is 1. The van der Waals surface area contributed by atoms with Gasteiger partial charge in [-0.25, -0.2) is 9.50 Å². The summed E-state index contributed by atoms with van der Waals surface area (Å²) in [6, 6.07) is 1.96. The molecule has 1 aliphatic rings. The van der Waals surface area contributed by atoms with Crippen LogP contribution in [0, 0.1) is 6.92 Å². The summed E-state index contributed by atoms with van der Waals surface area (Å²) in [5, 5.41) is 4.22. The maximum Gasteiger partial charge on any atom is 0.259 e. The maximum atomic E-state index is 12.9. The molecule has 1 saturated heterocycles. The zero-order valence-electron chi connectivity index (χ0n) is 12.5. The van der Waals surface area contributed by atoms with E-state index in [1.807, 2.05) is 31.0 Å². The third kappa shape index (κ3) is 2.51. The lowest BCUT2D eigenvalue weighted by atomic mass is 9.96.